The lowest BCUT2D eigenvalue weighted by Crippen LogP contribution is -2.23. The van der Waals surface area contributed by atoms with Crippen molar-refractivity contribution in [3.05, 3.63) is 29.6 Å². The van der Waals surface area contributed by atoms with E-state index < -0.39 is 0 Å². The Morgan fingerprint density at radius 1 is 1.33 bits per heavy atom. The smallest absolute Gasteiger partial charge is 0.165 e. The predicted octanol–water partition coefficient (Wildman–Crippen LogP) is 3.16. The third kappa shape index (κ3) is 3.70. The lowest BCUT2D eigenvalue weighted by atomic mass is 10.1. The zero-order valence-corrected chi connectivity index (χ0v) is 11.0. The van der Waals surface area contributed by atoms with Gasteiger partial charge in [-0.2, -0.15) is 0 Å². The number of halogens is 1. The summed E-state index contributed by atoms with van der Waals surface area (Å²) in [6.07, 6.45) is 6.37. The Kier molecular flexibility index (Phi) is 5.00. The van der Waals surface area contributed by atoms with Crippen molar-refractivity contribution in [2.24, 2.45) is 5.92 Å². The average Bonchev–Trinajstić information content (AvgIpc) is 2.88. The molecule has 1 fully saturated rings. The first-order chi connectivity index (χ1) is 8.79. The molecule has 2 rings (SSSR count). The molecule has 0 bridgehead atoms. The molecule has 3 heteroatoms. The van der Waals surface area contributed by atoms with Crippen LogP contribution in [0.4, 0.5) is 4.39 Å². The molecular formula is C15H22FNO. The van der Waals surface area contributed by atoms with Crippen LogP contribution in [0.2, 0.25) is 0 Å². The fourth-order valence-corrected chi connectivity index (χ4v) is 2.62. The number of rotatable bonds is 6. The summed E-state index contributed by atoms with van der Waals surface area (Å²) in [7, 11) is 1.49. The van der Waals surface area contributed by atoms with E-state index in [-0.39, 0.29) is 5.82 Å². The van der Waals surface area contributed by atoms with E-state index in [4.69, 9.17) is 4.74 Å². The quantitative estimate of drug-likeness (QED) is 0.784. The van der Waals surface area contributed by atoms with E-state index in [9.17, 15) is 4.39 Å². The summed E-state index contributed by atoms with van der Waals surface area (Å²) in [6, 6.07) is 5.19. The SMILES string of the molecule is COc1ccc(CCNCC2CCCC2)cc1F. The Morgan fingerprint density at radius 2 is 2.11 bits per heavy atom. The predicted molar refractivity (Wildman–Crippen MR) is 71.5 cm³/mol. The van der Waals surface area contributed by atoms with Crippen molar-refractivity contribution in [1.82, 2.24) is 5.32 Å². The van der Waals surface area contributed by atoms with Gasteiger partial charge >= 0.3 is 0 Å². The van der Waals surface area contributed by atoms with E-state index >= 15 is 0 Å². The molecule has 0 radical (unpaired) electrons. The second-order valence-electron chi connectivity index (χ2n) is 5.07. The molecule has 1 aromatic carbocycles. The average molecular weight is 251 g/mol. The van der Waals surface area contributed by atoms with Gasteiger partial charge < -0.3 is 10.1 Å². The largest absolute Gasteiger partial charge is 0.494 e. The van der Waals surface area contributed by atoms with Crippen molar-refractivity contribution in [3.8, 4) is 5.75 Å². The topological polar surface area (TPSA) is 21.3 Å². The monoisotopic (exact) mass is 251 g/mol. The van der Waals surface area contributed by atoms with Crippen LogP contribution in [0.15, 0.2) is 18.2 Å². The molecule has 0 amide bonds. The van der Waals surface area contributed by atoms with Gasteiger partial charge in [-0.1, -0.05) is 18.9 Å². The first-order valence-electron chi connectivity index (χ1n) is 6.82. The van der Waals surface area contributed by atoms with Crippen LogP contribution in [0.5, 0.6) is 5.75 Å². The van der Waals surface area contributed by atoms with Crippen LogP contribution < -0.4 is 10.1 Å². The highest BCUT2D eigenvalue weighted by Crippen LogP contribution is 2.23. The van der Waals surface area contributed by atoms with E-state index in [1.165, 1.54) is 32.8 Å². The molecule has 1 saturated carbocycles. The van der Waals surface area contributed by atoms with Gasteiger partial charge in [0.2, 0.25) is 0 Å². The Bertz CT molecular complexity index is 375. The zero-order valence-electron chi connectivity index (χ0n) is 11.0. The van der Waals surface area contributed by atoms with E-state index in [0.717, 1.165) is 31.0 Å². The van der Waals surface area contributed by atoms with Gasteiger partial charge in [0.1, 0.15) is 0 Å². The molecular weight excluding hydrogens is 229 g/mol. The maximum absolute atomic E-state index is 13.5. The van der Waals surface area contributed by atoms with Gasteiger partial charge in [-0.15, -0.1) is 0 Å². The number of nitrogens with one attached hydrogen (secondary N) is 1. The molecule has 0 unspecified atom stereocenters. The van der Waals surface area contributed by atoms with Crippen molar-refractivity contribution in [2.45, 2.75) is 32.1 Å². The maximum atomic E-state index is 13.5. The molecule has 100 valence electrons. The van der Waals surface area contributed by atoms with E-state index in [1.54, 1.807) is 12.1 Å². The van der Waals surface area contributed by atoms with Gasteiger partial charge in [0, 0.05) is 0 Å². The van der Waals surface area contributed by atoms with Crippen molar-refractivity contribution in [3.63, 3.8) is 0 Å². The number of ether oxygens (including phenoxy) is 1. The van der Waals surface area contributed by atoms with Crippen molar-refractivity contribution < 1.29 is 9.13 Å². The lowest BCUT2D eigenvalue weighted by Gasteiger charge is -2.10. The van der Waals surface area contributed by atoms with E-state index in [1.807, 2.05) is 6.07 Å². The first-order valence-corrected chi connectivity index (χ1v) is 6.82. The summed E-state index contributed by atoms with van der Waals surface area (Å²) < 4.78 is 18.4. The fraction of sp³-hybridized carbons (Fsp3) is 0.600. The minimum Gasteiger partial charge on any atom is -0.494 e. The summed E-state index contributed by atoms with van der Waals surface area (Å²) in [5, 5.41) is 3.47. The summed E-state index contributed by atoms with van der Waals surface area (Å²) in [6.45, 7) is 2.03. The molecule has 2 nitrogen and oxygen atoms in total. The van der Waals surface area contributed by atoms with Crippen LogP contribution in [-0.2, 0) is 6.42 Å². The van der Waals surface area contributed by atoms with Gasteiger partial charge in [0.05, 0.1) is 7.11 Å². The molecule has 0 atom stereocenters. The third-order valence-electron chi connectivity index (χ3n) is 3.71. The van der Waals surface area contributed by atoms with Gasteiger partial charge in [0.15, 0.2) is 11.6 Å². The molecule has 1 N–H and O–H groups in total. The van der Waals surface area contributed by atoms with Crippen LogP contribution in [0, 0.1) is 11.7 Å². The van der Waals surface area contributed by atoms with Crippen molar-refractivity contribution in [1.29, 1.82) is 0 Å². The molecule has 1 aromatic rings. The molecule has 18 heavy (non-hydrogen) atoms. The van der Waals surface area contributed by atoms with E-state index in [0.29, 0.717) is 5.75 Å². The summed E-state index contributed by atoms with van der Waals surface area (Å²) >= 11 is 0. The highest BCUT2D eigenvalue weighted by molar-refractivity contribution is 5.29. The second-order valence-corrected chi connectivity index (χ2v) is 5.07. The third-order valence-corrected chi connectivity index (χ3v) is 3.71. The number of benzene rings is 1. The van der Waals surface area contributed by atoms with Gasteiger partial charge in [0.25, 0.3) is 0 Å². The molecule has 0 aromatic heterocycles. The number of hydrogen-bond donors (Lipinski definition) is 1. The Hall–Kier alpha value is -1.09. The highest BCUT2D eigenvalue weighted by Gasteiger charge is 2.13. The fourth-order valence-electron chi connectivity index (χ4n) is 2.62. The maximum Gasteiger partial charge on any atom is 0.165 e. The minimum absolute atomic E-state index is 0.272. The number of methoxy groups -OCH3 is 1. The minimum atomic E-state index is -0.272. The standard InChI is InChI=1S/C15H22FNO/c1-18-15-7-6-12(10-14(15)16)8-9-17-11-13-4-2-3-5-13/h6-7,10,13,17H,2-5,8-9,11H2,1H3. The highest BCUT2D eigenvalue weighted by atomic mass is 19.1. The molecule has 1 aliphatic carbocycles. The van der Waals surface area contributed by atoms with Crippen LogP contribution in [0.25, 0.3) is 0 Å². The summed E-state index contributed by atoms with van der Waals surface area (Å²) in [5.41, 5.74) is 1.02. The van der Waals surface area contributed by atoms with Crippen LogP contribution in [-0.4, -0.2) is 20.2 Å². The molecule has 0 spiro atoms. The van der Waals surface area contributed by atoms with Crippen molar-refractivity contribution in [2.75, 3.05) is 20.2 Å². The zero-order chi connectivity index (χ0) is 12.8. The summed E-state index contributed by atoms with van der Waals surface area (Å²) in [4.78, 5) is 0. The normalized spacial score (nSPS) is 16.1. The summed E-state index contributed by atoms with van der Waals surface area (Å²) in [5.74, 6) is 0.904. The molecule has 0 saturated heterocycles. The molecule has 1 aliphatic rings. The van der Waals surface area contributed by atoms with E-state index in [2.05, 4.69) is 5.32 Å². The molecule has 0 heterocycles. The Labute approximate surface area is 109 Å². The van der Waals surface area contributed by atoms with Gasteiger partial charge in [-0.05, 0) is 56.0 Å². The van der Waals surface area contributed by atoms with Crippen molar-refractivity contribution >= 4 is 0 Å². The van der Waals surface area contributed by atoms with Gasteiger partial charge in [-0.3, -0.25) is 0 Å². The van der Waals surface area contributed by atoms with Crippen LogP contribution >= 0.6 is 0 Å². The lowest BCUT2D eigenvalue weighted by molar-refractivity contribution is 0.386. The first kappa shape index (κ1) is 13.3. The van der Waals surface area contributed by atoms with Crippen LogP contribution in [0.3, 0.4) is 0 Å². The second kappa shape index (κ2) is 6.74. The Morgan fingerprint density at radius 3 is 2.78 bits per heavy atom. The number of hydrogen-bond acceptors (Lipinski definition) is 2. The van der Waals surface area contributed by atoms with Gasteiger partial charge in [-0.25, -0.2) is 4.39 Å². The molecule has 0 aliphatic heterocycles. The van der Waals surface area contributed by atoms with Crippen LogP contribution in [0.1, 0.15) is 31.2 Å². The Balaban J connectivity index is 1.71.